The minimum atomic E-state index is -0.384. The zero-order chi connectivity index (χ0) is 16.7. The van der Waals surface area contributed by atoms with Crippen molar-refractivity contribution in [2.24, 2.45) is 5.10 Å². The molecule has 2 aromatic carbocycles. The van der Waals surface area contributed by atoms with Crippen molar-refractivity contribution in [2.75, 3.05) is 0 Å². The van der Waals surface area contributed by atoms with Crippen molar-refractivity contribution in [1.82, 2.24) is 5.01 Å². The number of nitrogens with zero attached hydrogens (tertiary/aromatic N) is 2. The molecular formula is C20H21BrN2O. The SMILES string of the molecule is CCC[C@]1(C)Oc2ccccc2[C@H]2CC(c3ccc(Br)cc3)=NN21. The summed E-state index contributed by atoms with van der Waals surface area (Å²) in [7, 11) is 0. The average Bonchev–Trinajstić information content (AvgIpc) is 3.02. The molecule has 0 spiro atoms. The van der Waals surface area contributed by atoms with Crippen LogP contribution in [0.4, 0.5) is 0 Å². The molecule has 0 amide bonds. The molecule has 0 aliphatic carbocycles. The number of rotatable bonds is 3. The number of fused-ring (bicyclic) bond motifs is 3. The fraction of sp³-hybridized carbons (Fsp3) is 0.350. The van der Waals surface area contributed by atoms with E-state index in [0.29, 0.717) is 0 Å². The van der Waals surface area contributed by atoms with E-state index in [1.54, 1.807) is 0 Å². The van der Waals surface area contributed by atoms with E-state index in [4.69, 9.17) is 9.84 Å². The van der Waals surface area contributed by atoms with E-state index in [0.717, 1.165) is 35.2 Å². The van der Waals surface area contributed by atoms with Gasteiger partial charge in [-0.15, -0.1) is 0 Å². The van der Waals surface area contributed by atoms with Gasteiger partial charge in [0.15, 0.2) is 5.72 Å². The number of hydrazone groups is 1. The van der Waals surface area contributed by atoms with Crippen molar-refractivity contribution in [2.45, 2.75) is 44.9 Å². The molecule has 0 unspecified atom stereocenters. The topological polar surface area (TPSA) is 24.8 Å². The molecule has 2 aliphatic rings. The second-order valence-electron chi connectivity index (χ2n) is 6.68. The predicted octanol–water partition coefficient (Wildman–Crippen LogP) is 5.51. The van der Waals surface area contributed by atoms with Crippen molar-refractivity contribution >= 4 is 21.6 Å². The maximum Gasteiger partial charge on any atom is 0.195 e. The third kappa shape index (κ3) is 2.53. The summed E-state index contributed by atoms with van der Waals surface area (Å²) >= 11 is 3.50. The summed E-state index contributed by atoms with van der Waals surface area (Å²) in [5.74, 6) is 1.00. The molecule has 0 radical (unpaired) electrons. The van der Waals surface area contributed by atoms with Crippen molar-refractivity contribution in [3.63, 3.8) is 0 Å². The standard InChI is InChI=1S/C20H21BrN2O/c1-3-12-20(2)23-18(16-6-4-5-7-19(16)24-20)13-17(22-23)14-8-10-15(21)11-9-14/h4-11,18H,3,12-13H2,1-2H3/t18-,20+/m1/s1. The van der Waals surface area contributed by atoms with E-state index < -0.39 is 0 Å². The summed E-state index contributed by atoms with van der Waals surface area (Å²) in [4.78, 5) is 0. The average molecular weight is 385 g/mol. The minimum Gasteiger partial charge on any atom is -0.466 e. The molecule has 2 aromatic rings. The summed E-state index contributed by atoms with van der Waals surface area (Å²) in [5.41, 5.74) is 3.17. The lowest BCUT2D eigenvalue weighted by Crippen LogP contribution is -2.51. The molecule has 24 heavy (non-hydrogen) atoms. The molecule has 0 saturated heterocycles. The lowest BCUT2D eigenvalue weighted by atomic mass is 9.94. The molecule has 124 valence electrons. The van der Waals surface area contributed by atoms with Gasteiger partial charge in [0.1, 0.15) is 5.75 Å². The van der Waals surface area contributed by atoms with Crippen molar-refractivity contribution in [1.29, 1.82) is 0 Å². The maximum absolute atomic E-state index is 6.39. The van der Waals surface area contributed by atoms with Gasteiger partial charge in [0.05, 0.1) is 11.8 Å². The third-order valence-corrected chi connectivity index (χ3v) is 5.42. The first-order valence-corrected chi connectivity index (χ1v) is 9.31. The highest BCUT2D eigenvalue weighted by Gasteiger charge is 2.46. The number of hydrogen-bond acceptors (Lipinski definition) is 3. The largest absolute Gasteiger partial charge is 0.466 e. The molecule has 0 bridgehead atoms. The van der Waals surface area contributed by atoms with Gasteiger partial charge in [-0.25, -0.2) is 5.01 Å². The van der Waals surface area contributed by atoms with Crippen LogP contribution >= 0.6 is 15.9 Å². The highest BCUT2D eigenvalue weighted by atomic mass is 79.9. The highest BCUT2D eigenvalue weighted by molar-refractivity contribution is 9.10. The Balaban J connectivity index is 1.76. The Morgan fingerprint density at radius 3 is 2.71 bits per heavy atom. The van der Waals surface area contributed by atoms with Crippen molar-refractivity contribution in [3.8, 4) is 5.75 Å². The Bertz CT molecular complexity index is 786. The van der Waals surface area contributed by atoms with Gasteiger partial charge in [0, 0.05) is 22.9 Å². The molecule has 0 saturated carbocycles. The fourth-order valence-corrected chi connectivity index (χ4v) is 4.03. The summed E-state index contributed by atoms with van der Waals surface area (Å²) in [5, 5.41) is 7.18. The van der Waals surface area contributed by atoms with Crippen molar-refractivity contribution in [3.05, 3.63) is 64.1 Å². The normalized spacial score (nSPS) is 24.9. The first kappa shape index (κ1) is 15.7. The number of para-hydroxylation sites is 1. The molecule has 2 aliphatic heterocycles. The van der Waals surface area contributed by atoms with E-state index in [2.05, 4.69) is 77.3 Å². The fourth-order valence-electron chi connectivity index (χ4n) is 3.77. The lowest BCUT2D eigenvalue weighted by molar-refractivity contribution is -0.111. The Morgan fingerprint density at radius 1 is 1.21 bits per heavy atom. The monoisotopic (exact) mass is 384 g/mol. The molecule has 4 heteroatoms. The quantitative estimate of drug-likeness (QED) is 0.696. The minimum absolute atomic E-state index is 0.255. The van der Waals surface area contributed by atoms with Crippen LogP contribution in [0.1, 0.15) is 50.3 Å². The van der Waals surface area contributed by atoms with Crippen LogP contribution in [0, 0.1) is 0 Å². The molecule has 2 atom stereocenters. The van der Waals surface area contributed by atoms with E-state index in [-0.39, 0.29) is 11.8 Å². The van der Waals surface area contributed by atoms with Crippen LogP contribution in [0.2, 0.25) is 0 Å². The lowest BCUT2D eigenvalue weighted by Gasteiger charge is -2.45. The maximum atomic E-state index is 6.39. The Morgan fingerprint density at radius 2 is 1.96 bits per heavy atom. The summed E-state index contributed by atoms with van der Waals surface area (Å²) < 4.78 is 7.48. The third-order valence-electron chi connectivity index (χ3n) is 4.89. The van der Waals surface area contributed by atoms with Gasteiger partial charge in [0.2, 0.25) is 0 Å². The molecule has 0 aromatic heterocycles. The van der Waals surface area contributed by atoms with E-state index >= 15 is 0 Å². The van der Waals surface area contributed by atoms with Gasteiger partial charge < -0.3 is 4.74 Å². The van der Waals surface area contributed by atoms with Crippen LogP contribution in [-0.4, -0.2) is 16.4 Å². The summed E-state index contributed by atoms with van der Waals surface area (Å²) in [6, 6.07) is 17.0. The van der Waals surface area contributed by atoms with Crippen LogP contribution in [0.5, 0.6) is 5.75 Å². The zero-order valence-corrected chi connectivity index (χ0v) is 15.6. The first-order valence-electron chi connectivity index (χ1n) is 8.51. The van der Waals surface area contributed by atoms with Gasteiger partial charge in [-0.1, -0.05) is 59.6 Å². The molecule has 3 nitrogen and oxygen atoms in total. The van der Waals surface area contributed by atoms with Crippen LogP contribution < -0.4 is 4.74 Å². The van der Waals surface area contributed by atoms with Crippen LogP contribution in [0.15, 0.2) is 58.1 Å². The first-order chi connectivity index (χ1) is 11.6. The summed E-state index contributed by atoms with van der Waals surface area (Å²) in [6.45, 7) is 4.35. The second kappa shape index (κ2) is 5.92. The molecule has 2 heterocycles. The second-order valence-corrected chi connectivity index (χ2v) is 7.60. The highest BCUT2D eigenvalue weighted by Crippen LogP contribution is 2.47. The number of halogens is 1. The van der Waals surface area contributed by atoms with E-state index in [9.17, 15) is 0 Å². The Labute approximate surface area is 151 Å². The summed E-state index contributed by atoms with van der Waals surface area (Å²) in [6.07, 6.45) is 2.93. The van der Waals surface area contributed by atoms with E-state index in [1.165, 1.54) is 11.1 Å². The number of ether oxygens (including phenoxy) is 1. The smallest absolute Gasteiger partial charge is 0.195 e. The van der Waals surface area contributed by atoms with Gasteiger partial charge in [-0.2, -0.15) is 5.10 Å². The van der Waals surface area contributed by atoms with Gasteiger partial charge >= 0.3 is 0 Å². The van der Waals surface area contributed by atoms with Gasteiger partial charge in [-0.3, -0.25) is 0 Å². The van der Waals surface area contributed by atoms with Crippen LogP contribution in [0.3, 0.4) is 0 Å². The predicted molar refractivity (Wildman–Crippen MR) is 100 cm³/mol. The van der Waals surface area contributed by atoms with Gasteiger partial charge in [-0.05, 0) is 30.7 Å². The molecule has 0 fully saturated rings. The number of benzene rings is 2. The van der Waals surface area contributed by atoms with Crippen LogP contribution in [-0.2, 0) is 0 Å². The molecular weight excluding hydrogens is 364 g/mol. The zero-order valence-electron chi connectivity index (χ0n) is 14.0. The Hall–Kier alpha value is -1.81. The van der Waals surface area contributed by atoms with Crippen LogP contribution in [0.25, 0.3) is 0 Å². The molecule has 0 N–H and O–H groups in total. The number of hydrogen-bond donors (Lipinski definition) is 0. The van der Waals surface area contributed by atoms with Gasteiger partial charge in [0.25, 0.3) is 0 Å². The van der Waals surface area contributed by atoms with E-state index in [1.807, 2.05) is 6.07 Å². The molecule has 4 rings (SSSR count). The Kier molecular flexibility index (Phi) is 3.87. The van der Waals surface area contributed by atoms with Crippen molar-refractivity contribution < 1.29 is 4.74 Å².